The molecule has 7 nitrogen and oxygen atoms in total. The molecule has 0 bridgehead atoms. The summed E-state index contributed by atoms with van der Waals surface area (Å²) in [5.74, 6) is -1.76. The molecule has 170 valence electrons. The predicted octanol–water partition coefficient (Wildman–Crippen LogP) is 3.48. The SMILES string of the molecule is COCCNc1ccc(S(=O)(=O)c2ccc(NC(=O)[C@@](C)(O)C(F)(F)F)c(Cl)c2)cc1. The first-order valence-corrected chi connectivity index (χ1v) is 10.6. The van der Waals surface area contributed by atoms with Crippen LogP contribution in [0.5, 0.6) is 0 Å². The summed E-state index contributed by atoms with van der Waals surface area (Å²) < 4.78 is 68.9. The fraction of sp³-hybridized carbons (Fsp3) is 0.316. The summed E-state index contributed by atoms with van der Waals surface area (Å²) in [6, 6.07) is 9.03. The Bertz CT molecular complexity index is 1040. The van der Waals surface area contributed by atoms with Gasteiger partial charge in [0.2, 0.25) is 15.4 Å². The second-order valence-corrected chi connectivity index (χ2v) is 8.97. The van der Waals surface area contributed by atoms with E-state index >= 15 is 0 Å². The summed E-state index contributed by atoms with van der Waals surface area (Å²) in [5.41, 5.74) is -3.25. The molecular weight excluding hydrogens is 461 g/mol. The highest BCUT2D eigenvalue weighted by atomic mass is 35.5. The van der Waals surface area contributed by atoms with E-state index in [0.29, 0.717) is 25.8 Å². The van der Waals surface area contributed by atoms with Gasteiger partial charge in [0.25, 0.3) is 5.91 Å². The minimum atomic E-state index is -5.21. The number of carbonyl (C=O) groups is 1. The van der Waals surface area contributed by atoms with Crippen LogP contribution in [-0.4, -0.2) is 51.5 Å². The van der Waals surface area contributed by atoms with Crippen LogP contribution in [0.15, 0.2) is 52.3 Å². The van der Waals surface area contributed by atoms with E-state index in [0.717, 1.165) is 18.2 Å². The molecule has 0 aliphatic rings. The fourth-order valence-corrected chi connectivity index (χ4v) is 3.90. The molecule has 0 aromatic heterocycles. The quantitative estimate of drug-likeness (QED) is 0.500. The maximum absolute atomic E-state index is 12.8. The van der Waals surface area contributed by atoms with E-state index < -0.39 is 27.5 Å². The summed E-state index contributed by atoms with van der Waals surface area (Å²) in [5, 5.41) is 14.0. The van der Waals surface area contributed by atoms with Crippen molar-refractivity contribution in [2.24, 2.45) is 0 Å². The number of hydrogen-bond donors (Lipinski definition) is 3. The Morgan fingerprint density at radius 3 is 2.23 bits per heavy atom. The average molecular weight is 481 g/mol. The molecule has 0 aliphatic heterocycles. The average Bonchev–Trinajstić information content (AvgIpc) is 2.69. The van der Waals surface area contributed by atoms with Crippen molar-refractivity contribution in [1.82, 2.24) is 0 Å². The smallest absolute Gasteiger partial charge is 0.383 e. The normalized spacial score (nSPS) is 14.0. The van der Waals surface area contributed by atoms with Gasteiger partial charge in [-0.05, 0) is 49.4 Å². The van der Waals surface area contributed by atoms with Gasteiger partial charge in [-0.15, -0.1) is 0 Å². The van der Waals surface area contributed by atoms with Gasteiger partial charge in [0.15, 0.2) is 0 Å². The van der Waals surface area contributed by atoms with Crippen molar-refractivity contribution in [3.05, 3.63) is 47.5 Å². The lowest BCUT2D eigenvalue weighted by Crippen LogP contribution is -2.52. The molecular formula is C19H20ClF3N2O5S. The molecule has 0 radical (unpaired) electrons. The molecule has 2 aromatic carbocycles. The van der Waals surface area contributed by atoms with Gasteiger partial charge in [-0.1, -0.05) is 11.6 Å². The van der Waals surface area contributed by atoms with Gasteiger partial charge < -0.3 is 20.5 Å². The number of benzene rings is 2. The molecule has 12 heteroatoms. The predicted molar refractivity (Wildman–Crippen MR) is 109 cm³/mol. The van der Waals surface area contributed by atoms with Crippen LogP contribution in [0.4, 0.5) is 24.5 Å². The molecule has 1 amide bonds. The molecule has 31 heavy (non-hydrogen) atoms. The van der Waals surface area contributed by atoms with E-state index in [1.54, 1.807) is 19.2 Å². The maximum atomic E-state index is 12.8. The van der Waals surface area contributed by atoms with E-state index in [-0.39, 0.29) is 20.5 Å². The third-order valence-electron chi connectivity index (χ3n) is 4.29. The van der Waals surface area contributed by atoms with E-state index in [4.69, 9.17) is 16.3 Å². The Morgan fingerprint density at radius 1 is 1.13 bits per heavy atom. The lowest BCUT2D eigenvalue weighted by atomic mass is 10.1. The zero-order valence-corrected chi connectivity index (χ0v) is 18.0. The van der Waals surface area contributed by atoms with Crippen molar-refractivity contribution in [1.29, 1.82) is 0 Å². The Balaban J connectivity index is 2.22. The van der Waals surface area contributed by atoms with Crippen LogP contribution in [0.25, 0.3) is 0 Å². The second kappa shape index (κ2) is 9.43. The fourth-order valence-electron chi connectivity index (χ4n) is 2.32. The zero-order valence-electron chi connectivity index (χ0n) is 16.5. The van der Waals surface area contributed by atoms with Crippen molar-refractivity contribution in [3.63, 3.8) is 0 Å². The third-order valence-corrected chi connectivity index (χ3v) is 6.37. The number of anilines is 2. The van der Waals surface area contributed by atoms with E-state index in [1.807, 2.05) is 5.32 Å². The van der Waals surface area contributed by atoms with Crippen LogP contribution >= 0.6 is 11.6 Å². The van der Waals surface area contributed by atoms with Crippen LogP contribution in [-0.2, 0) is 19.4 Å². The number of hydrogen-bond acceptors (Lipinski definition) is 6. The molecule has 3 N–H and O–H groups in total. The van der Waals surface area contributed by atoms with Crippen molar-refractivity contribution in [3.8, 4) is 0 Å². The molecule has 2 rings (SSSR count). The zero-order chi connectivity index (χ0) is 23.4. The highest BCUT2D eigenvalue weighted by Crippen LogP contribution is 2.33. The number of carbonyl (C=O) groups excluding carboxylic acids is 1. The number of halogens is 4. The molecule has 2 aromatic rings. The number of aliphatic hydroxyl groups is 1. The molecule has 0 saturated heterocycles. The minimum absolute atomic E-state index is 0.0300. The Morgan fingerprint density at radius 2 is 1.71 bits per heavy atom. The number of methoxy groups -OCH3 is 1. The van der Waals surface area contributed by atoms with Crippen molar-refractivity contribution < 1.29 is 36.2 Å². The Kier molecular flexibility index (Phi) is 7.58. The van der Waals surface area contributed by atoms with Crippen LogP contribution < -0.4 is 10.6 Å². The first kappa shape index (κ1) is 24.9. The van der Waals surface area contributed by atoms with Gasteiger partial charge in [-0.2, -0.15) is 13.2 Å². The molecule has 0 spiro atoms. The van der Waals surface area contributed by atoms with Crippen molar-refractivity contribution in [2.45, 2.75) is 28.5 Å². The van der Waals surface area contributed by atoms with Crippen LogP contribution in [0, 0.1) is 0 Å². The van der Waals surface area contributed by atoms with Crippen molar-refractivity contribution >= 4 is 38.7 Å². The number of sulfone groups is 1. The lowest BCUT2D eigenvalue weighted by molar-refractivity contribution is -0.242. The number of nitrogens with one attached hydrogen (secondary N) is 2. The van der Waals surface area contributed by atoms with Gasteiger partial charge in [0.1, 0.15) is 0 Å². The largest absolute Gasteiger partial charge is 0.426 e. The minimum Gasteiger partial charge on any atom is -0.383 e. The molecule has 0 unspecified atom stereocenters. The van der Waals surface area contributed by atoms with E-state index in [9.17, 15) is 31.5 Å². The second-order valence-electron chi connectivity index (χ2n) is 6.61. The third kappa shape index (κ3) is 5.67. The van der Waals surface area contributed by atoms with Crippen LogP contribution in [0.2, 0.25) is 5.02 Å². The Labute approximate surface area is 182 Å². The molecule has 0 fully saturated rings. The highest BCUT2D eigenvalue weighted by Gasteiger charge is 2.55. The van der Waals surface area contributed by atoms with E-state index in [2.05, 4.69) is 5.32 Å². The maximum Gasteiger partial charge on any atom is 0.426 e. The summed E-state index contributed by atoms with van der Waals surface area (Å²) in [4.78, 5) is 11.5. The molecule has 1 atom stereocenters. The van der Waals surface area contributed by atoms with Gasteiger partial charge in [0, 0.05) is 19.3 Å². The summed E-state index contributed by atoms with van der Waals surface area (Å²) >= 11 is 5.96. The van der Waals surface area contributed by atoms with Gasteiger partial charge in [0.05, 0.1) is 27.1 Å². The topological polar surface area (TPSA) is 105 Å². The first-order valence-electron chi connectivity index (χ1n) is 8.79. The van der Waals surface area contributed by atoms with Gasteiger partial charge >= 0.3 is 6.18 Å². The molecule has 0 saturated carbocycles. The lowest BCUT2D eigenvalue weighted by Gasteiger charge is -2.25. The van der Waals surface area contributed by atoms with Gasteiger partial charge in [-0.25, -0.2) is 8.42 Å². The van der Waals surface area contributed by atoms with Crippen LogP contribution in [0.1, 0.15) is 6.92 Å². The van der Waals surface area contributed by atoms with Gasteiger partial charge in [-0.3, -0.25) is 4.79 Å². The summed E-state index contributed by atoms with van der Waals surface area (Å²) in [6.45, 7) is 1.30. The molecule has 0 heterocycles. The highest BCUT2D eigenvalue weighted by molar-refractivity contribution is 7.91. The first-order chi connectivity index (χ1) is 14.3. The summed E-state index contributed by atoms with van der Waals surface area (Å²) in [7, 11) is -2.43. The van der Waals surface area contributed by atoms with Crippen molar-refractivity contribution in [2.75, 3.05) is 30.9 Å². The van der Waals surface area contributed by atoms with E-state index in [1.165, 1.54) is 12.1 Å². The standard InChI is InChI=1S/C19H20ClF3N2O5S/c1-18(27,19(21,22)23)17(26)25-16-8-7-14(11-15(16)20)31(28,29)13-5-3-12(4-6-13)24-9-10-30-2/h3-8,11,24,27H,9-10H2,1-2H3,(H,25,26)/t18-/m1/s1. The number of amides is 1. The number of ether oxygens (including phenoxy) is 1. The monoisotopic (exact) mass is 480 g/mol. The van der Waals surface area contributed by atoms with Crippen LogP contribution in [0.3, 0.4) is 0 Å². The molecule has 0 aliphatic carbocycles. The Hall–Kier alpha value is -2.34. The number of rotatable bonds is 8. The summed E-state index contributed by atoms with van der Waals surface area (Å²) in [6.07, 6.45) is -5.21. The number of alkyl halides is 3.